The lowest BCUT2D eigenvalue weighted by Gasteiger charge is -2.37. The van der Waals surface area contributed by atoms with Crippen molar-refractivity contribution in [2.45, 2.75) is 12.0 Å². The Morgan fingerprint density at radius 1 is 1.35 bits per heavy atom. The lowest BCUT2D eigenvalue weighted by Crippen LogP contribution is -2.48. The molecule has 0 bridgehead atoms. The first-order valence-electron chi connectivity index (χ1n) is 6.38. The van der Waals surface area contributed by atoms with E-state index in [4.69, 9.17) is 4.74 Å². The number of fused-ring (bicyclic) bond motifs is 1. The molecule has 2 saturated heterocycles. The second kappa shape index (κ2) is 5.12. The second-order valence-corrected chi connectivity index (χ2v) is 4.74. The first kappa shape index (κ1) is 11.1. The zero-order valence-electron chi connectivity index (χ0n) is 10.0. The molecule has 4 heteroatoms. The van der Waals surface area contributed by atoms with Crippen LogP contribution in [0.25, 0.3) is 0 Å². The molecular formula is C13H19N3O. The van der Waals surface area contributed by atoms with E-state index in [1.807, 2.05) is 12.3 Å². The first-order chi connectivity index (χ1) is 8.45. The van der Waals surface area contributed by atoms with Crippen LogP contribution < -0.4 is 5.32 Å². The number of nitrogens with zero attached hydrogens (tertiary/aromatic N) is 2. The summed E-state index contributed by atoms with van der Waals surface area (Å²) in [6.45, 7) is 5.95. The maximum absolute atomic E-state index is 5.65. The molecule has 1 aromatic heterocycles. The summed E-state index contributed by atoms with van der Waals surface area (Å²) in [6.07, 6.45) is 1.88. The van der Waals surface area contributed by atoms with E-state index in [1.54, 1.807) is 0 Å². The third-order valence-electron chi connectivity index (χ3n) is 3.75. The molecule has 3 rings (SSSR count). The molecule has 2 unspecified atom stereocenters. The molecule has 1 N–H and O–H groups in total. The van der Waals surface area contributed by atoms with E-state index in [2.05, 4.69) is 27.3 Å². The number of pyridine rings is 1. The molecular weight excluding hydrogens is 214 g/mol. The van der Waals surface area contributed by atoms with E-state index >= 15 is 0 Å². The van der Waals surface area contributed by atoms with Gasteiger partial charge in [-0.25, -0.2) is 0 Å². The summed E-state index contributed by atoms with van der Waals surface area (Å²) < 4.78 is 5.65. The lowest BCUT2D eigenvalue weighted by atomic mass is 9.94. The van der Waals surface area contributed by atoms with Crippen molar-refractivity contribution in [3.8, 4) is 0 Å². The Morgan fingerprint density at radius 2 is 2.35 bits per heavy atom. The second-order valence-electron chi connectivity index (χ2n) is 4.74. The topological polar surface area (TPSA) is 37.4 Å². The monoisotopic (exact) mass is 233 g/mol. The maximum atomic E-state index is 5.65. The summed E-state index contributed by atoms with van der Waals surface area (Å²) in [6, 6.07) is 6.66. The van der Waals surface area contributed by atoms with Gasteiger partial charge in [-0.1, -0.05) is 6.07 Å². The number of morpholine rings is 1. The van der Waals surface area contributed by atoms with E-state index in [0.717, 1.165) is 39.4 Å². The molecule has 0 aromatic carbocycles. The van der Waals surface area contributed by atoms with Crippen LogP contribution in [0.4, 0.5) is 0 Å². The fourth-order valence-electron chi connectivity index (χ4n) is 2.82. The summed E-state index contributed by atoms with van der Waals surface area (Å²) >= 11 is 0. The number of hydrogen-bond donors (Lipinski definition) is 1. The van der Waals surface area contributed by atoms with Gasteiger partial charge < -0.3 is 10.1 Å². The quantitative estimate of drug-likeness (QED) is 0.765. The van der Waals surface area contributed by atoms with Crippen LogP contribution in [0.3, 0.4) is 0 Å². The highest BCUT2D eigenvalue weighted by atomic mass is 16.5. The van der Waals surface area contributed by atoms with Crippen molar-refractivity contribution in [2.24, 2.45) is 0 Å². The Kier molecular flexibility index (Phi) is 3.36. The zero-order valence-corrected chi connectivity index (χ0v) is 10.0. The van der Waals surface area contributed by atoms with E-state index in [1.165, 1.54) is 5.69 Å². The molecule has 2 aliphatic heterocycles. The maximum Gasteiger partial charge on any atom is 0.0629 e. The predicted molar refractivity (Wildman–Crippen MR) is 66.0 cm³/mol. The van der Waals surface area contributed by atoms with Crippen LogP contribution in [0.5, 0.6) is 0 Å². The minimum Gasteiger partial charge on any atom is -0.378 e. The van der Waals surface area contributed by atoms with Gasteiger partial charge >= 0.3 is 0 Å². The van der Waals surface area contributed by atoms with Crippen molar-refractivity contribution >= 4 is 0 Å². The number of rotatable bonds is 1. The van der Waals surface area contributed by atoms with E-state index in [0.29, 0.717) is 12.0 Å². The zero-order chi connectivity index (χ0) is 11.5. The van der Waals surface area contributed by atoms with Gasteiger partial charge in [0.05, 0.1) is 13.2 Å². The molecule has 2 atom stereocenters. The highest BCUT2D eigenvalue weighted by molar-refractivity contribution is 5.14. The van der Waals surface area contributed by atoms with Gasteiger partial charge in [0.2, 0.25) is 0 Å². The Balaban J connectivity index is 1.85. The number of aromatic nitrogens is 1. The molecule has 0 saturated carbocycles. The molecule has 92 valence electrons. The van der Waals surface area contributed by atoms with Gasteiger partial charge in [0, 0.05) is 50.0 Å². The molecule has 1 aromatic rings. The number of ether oxygens (including phenoxy) is 1. The summed E-state index contributed by atoms with van der Waals surface area (Å²) in [7, 11) is 0. The van der Waals surface area contributed by atoms with Crippen LogP contribution in [0.15, 0.2) is 24.4 Å². The molecule has 2 aliphatic rings. The van der Waals surface area contributed by atoms with Gasteiger partial charge in [0.25, 0.3) is 0 Å². The van der Waals surface area contributed by atoms with Crippen molar-refractivity contribution in [1.29, 1.82) is 0 Å². The summed E-state index contributed by atoms with van der Waals surface area (Å²) in [4.78, 5) is 7.06. The van der Waals surface area contributed by atoms with Crippen molar-refractivity contribution in [3.63, 3.8) is 0 Å². The largest absolute Gasteiger partial charge is 0.378 e. The molecule has 17 heavy (non-hydrogen) atoms. The van der Waals surface area contributed by atoms with Crippen LogP contribution in [0, 0.1) is 0 Å². The SMILES string of the molecule is c1ccc(C2CNCCN3CCOCC23)nc1. The van der Waals surface area contributed by atoms with Crippen molar-refractivity contribution in [3.05, 3.63) is 30.1 Å². The highest BCUT2D eigenvalue weighted by Crippen LogP contribution is 2.25. The molecule has 2 fully saturated rings. The first-order valence-corrected chi connectivity index (χ1v) is 6.38. The number of hydrogen-bond acceptors (Lipinski definition) is 4. The van der Waals surface area contributed by atoms with E-state index < -0.39 is 0 Å². The minimum atomic E-state index is 0.444. The van der Waals surface area contributed by atoms with Crippen LogP contribution in [0.2, 0.25) is 0 Å². The molecule has 0 aliphatic carbocycles. The standard InChI is InChI=1S/C13H19N3O/c1-2-4-15-12(3-1)11-9-14-5-6-16-7-8-17-10-13(11)16/h1-4,11,13-14H,5-10H2. The van der Waals surface area contributed by atoms with Crippen molar-refractivity contribution in [2.75, 3.05) is 39.4 Å². The molecule has 0 spiro atoms. The van der Waals surface area contributed by atoms with Gasteiger partial charge in [0.15, 0.2) is 0 Å². The number of nitrogens with one attached hydrogen (secondary N) is 1. The third kappa shape index (κ3) is 2.34. The molecule has 0 amide bonds. The fraction of sp³-hybridized carbons (Fsp3) is 0.615. The van der Waals surface area contributed by atoms with Crippen LogP contribution >= 0.6 is 0 Å². The Bertz CT molecular complexity index is 357. The van der Waals surface area contributed by atoms with Crippen LogP contribution in [-0.4, -0.2) is 55.3 Å². The molecule has 0 radical (unpaired) electrons. The van der Waals surface area contributed by atoms with Gasteiger partial charge in [-0.2, -0.15) is 0 Å². The van der Waals surface area contributed by atoms with Gasteiger partial charge in [0.1, 0.15) is 0 Å². The third-order valence-corrected chi connectivity index (χ3v) is 3.75. The van der Waals surface area contributed by atoms with Gasteiger partial charge in [-0.05, 0) is 12.1 Å². The average Bonchev–Trinajstić information content (AvgIpc) is 2.62. The van der Waals surface area contributed by atoms with Gasteiger partial charge in [-0.15, -0.1) is 0 Å². The van der Waals surface area contributed by atoms with Gasteiger partial charge in [-0.3, -0.25) is 9.88 Å². The Hall–Kier alpha value is -0.970. The smallest absolute Gasteiger partial charge is 0.0629 e. The molecule has 4 nitrogen and oxygen atoms in total. The van der Waals surface area contributed by atoms with E-state index in [9.17, 15) is 0 Å². The Labute approximate surface area is 102 Å². The highest BCUT2D eigenvalue weighted by Gasteiger charge is 2.33. The molecule has 3 heterocycles. The fourth-order valence-corrected chi connectivity index (χ4v) is 2.82. The lowest BCUT2D eigenvalue weighted by molar-refractivity contribution is -0.0111. The predicted octanol–water partition coefficient (Wildman–Crippen LogP) is 0.469. The summed E-state index contributed by atoms with van der Waals surface area (Å²) in [5, 5.41) is 3.51. The van der Waals surface area contributed by atoms with Crippen LogP contribution in [0.1, 0.15) is 11.6 Å². The normalized spacial score (nSPS) is 30.6. The van der Waals surface area contributed by atoms with Crippen molar-refractivity contribution < 1.29 is 4.74 Å². The van der Waals surface area contributed by atoms with Crippen LogP contribution in [-0.2, 0) is 4.74 Å². The van der Waals surface area contributed by atoms with Crippen molar-refractivity contribution in [1.82, 2.24) is 15.2 Å². The average molecular weight is 233 g/mol. The summed E-state index contributed by atoms with van der Waals surface area (Å²) in [5.41, 5.74) is 1.18. The summed E-state index contributed by atoms with van der Waals surface area (Å²) in [5.74, 6) is 0.444. The minimum absolute atomic E-state index is 0.444. The van der Waals surface area contributed by atoms with E-state index in [-0.39, 0.29) is 0 Å². The Morgan fingerprint density at radius 3 is 3.24 bits per heavy atom.